The van der Waals surface area contributed by atoms with E-state index in [1.54, 1.807) is 12.1 Å². The third kappa shape index (κ3) is 3.29. The van der Waals surface area contributed by atoms with Crippen LogP contribution in [0.15, 0.2) is 42.6 Å². The van der Waals surface area contributed by atoms with Gasteiger partial charge in [0.25, 0.3) is 5.91 Å². The number of carbonyl (C=O) groups is 2. The van der Waals surface area contributed by atoms with Gasteiger partial charge in [0, 0.05) is 23.0 Å². The van der Waals surface area contributed by atoms with Crippen LogP contribution in [0.5, 0.6) is 0 Å². The summed E-state index contributed by atoms with van der Waals surface area (Å²) in [5, 5.41) is 4.88. The number of fused-ring (bicyclic) bond motifs is 1. The molecule has 1 saturated heterocycles. The van der Waals surface area contributed by atoms with Crippen LogP contribution in [0.1, 0.15) is 16.7 Å². The summed E-state index contributed by atoms with van der Waals surface area (Å²) in [4.78, 5) is 29.5. The van der Waals surface area contributed by atoms with Gasteiger partial charge in [0.1, 0.15) is 6.04 Å². The Morgan fingerprint density at radius 3 is 2.70 bits per heavy atom. The summed E-state index contributed by atoms with van der Waals surface area (Å²) in [6, 6.07) is 10.2. The van der Waals surface area contributed by atoms with Crippen LogP contribution in [0.3, 0.4) is 0 Å². The standard InChI is InChI=1S/C20H17Cl2N3O2/c1-11-5-6-15(21)13(7-11)10-25-19(26)17(24-20(25)27)8-12-9-23-18-14(12)3-2-4-16(18)22/h2-7,9,17,23H,8,10H2,1H3,(H,24,27)/t17-/m1/s1. The smallest absolute Gasteiger partial charge is 0.325 e. The van der Waals surface area contributed by atoms with Gasteiger partial charge in [0.15, 0.2) is 0 Å². The number of nitrogens with zero attached hydrogens (tertiary/aromatic N) is 1. The lowest BCUT2D eigenvalue weighted by atomic mass is 10.0. The normalized spacial score (nSPS) is 17.0. The summed E-state index contributed by atoms with van der Waals surface area (Å²) in [5.41, 5.74) is 3.53. The van der Waals surface area contributed by atoms with Crippen molar-refractivity contribution >= 4 is 46.0 Å². The number of imide groups is 1. The highest BCUT2D eigenvalue weighted by Crippen LogP contribution is 2.27. The second-order valence-electron chi connectivity index (χ2n) is 6.70. The SMILES string of the molecule is Cc1ccc(Cl)c(CN2C(=O)N[C@H](Cc3c[nH]c4c(Cl)cccc34)C2=O)c1. The quantitative estimate of drug-likeness (QED) is 0.634. The summed E-state index contributed by atoms with van der Waals surface area (Å²) in [6.07, 6.45) is 2.22. The van der Waals surface area contributed by atoms with Gasteiger partial charge in [-0.05, 0) is 30.2 Å². The Bertz CT molecular complexity index is 1060. The number of amides is 3. The van der Waals surface area contributed by atoms with Gasteiger partial charge in [-0.15, -0.1) is 0 Å². The van der Waals surface area contributed by atoms with Crippen LogP contribution >= 0.6 is 23.2 Å². The molecule has 4 rings (SSSR count). The molecule has 0 radical (unpaired) electrons. The van der Waals surface area contributed by atoms with E-state index in [1.807, 2.05) is 37.4 Å². The number of aromatic amines is 1. The Morgan fingerprint density at radius 2 is 1.89 bits per heavy atom. The van der Waals surface area contributed by atoms with E-state index in [9.17, 15) is 9.59 Å². The van der Waals surface area contributed by atoms with Crippen LogP contribution in [0.2, 0.25) is 10.0 Å². The highest BCUT2D eigenvalue weighted by atomic mass is 35.5. The molecule has 5 nitrogen and oxygen atoms in total. The lowest BCUT2D eigenvalue weighted by Crippen LogP contribution is -2.32. The molecule has 0 aliphatic carbocycles. The van der Waals surface area contributed by atoms with Crippen molar-refractivity contribution in [3.05, 3.63) is 69.3 Å². The monoisotopic (exact) mass is 401 g/mol. The van der Waals surface area contributed by atoms with Crippen molar-refractivity contribution in [2.45, 2.75) is 25.9 Å². The van der Waals surface area contributed by atoms with Gasteiger partial charge in [-0.1, -0.05) is 53.0 Å². The maximum Gasteiger partial charge on any atom is 0.325 e. The summed E-state index contributed by atoms with van der Waals surface area (Å²) in [7, 11) is 0. The molecule has 3 aromatic rings. The van der Waals surface area contributed by atoms with Crippen LogP contribution in [-0.2, 0) is 17.8 Å². The first-order chi connectivity index (χ1) is 12.9. The fourth-order valence-electron chi connectivity index (χ4n) is 3.42. The van der Waals surface area contributed by atoms with E-state index >= 15 is 0 Å². The number of rotatable bonds is 4. The molecule has 0 unspecified atom stereocenters. The first-order valence-corrected chi connectivity index (χ1v) is 9.31. The number of benzene rings is 2. The van der Waals surface area contributed by atoms with Crippen molar-refractivity contribution in [2.75, 3.05) is 0 Å². The molecule has 1 aliphatic heterocycles. The Labute approximate surface area is 166 Å². The highest BCUT2D eigenvalue weighted by Gasteiger charge is 2.38. The summed E-state index contributed by atoms with van der Waals surface area (Å²) < 4.78 is 0. The molecule has 2 aromatic carbocycles. The molecule has 2 N–H and O–H groups in total. The van der Waals surface area contributed by atoms with E-state index in [4.69, 9.17) is 23.2 Å². The average molecular weight is 402 g/mol. The maximum atomic E-state index is 12.8. The van der Waals surface area contributed by atoms with Crippen molar-refractivity contribution in [2.24, 2.45) is 0 Å². The minimum atomic E-state index is -0.612. The van der Waals surface area contributed by atoms with Crippen molar-refractivity contribution in [1.82, 2.24) is 15.2 Å². The molecule has 0 saturated carbocycles. The van der Waals surface area contributed by atoms with Crippen molar-refractivity contribution < 1.29 is 9.59 Å². The van der Waals surface area contributed by atoms with Gasteiger partial charge in [-0.25, -0.2) is 4.79 Å². The van der Waals surface area contributed by atoms with Crippen molar-refractivity contribution in [1.29, 1.82) is 0 Å². The fraction of sp³-hybridized carbons (Fsp3) is 0.200. The summed E-state index contributed by atoms with van der Waals surface area (Å²) >= 11 is 12.4. The van der Waals surface area contributed by atoms with Gasteiger partial charge in [-0.2, -0.15) is 0 Å². The molecule has 1 atom stereocenters. The lowest BCUT2D eigenvalue weighted by molar-refractivity contribution is -0.127. The molecule has 7 heteroatoms. The van der Waals surface area contributed by atoms with Crippen LogP contribution in [0.4, 0.5) is 4.79 Å². The predicted molar refractivity (Wildman–Crippen MR) is 106 cm³/mol. The molecule has 3 amide bonds. The second kappa shape index (κ2) is 6.91. The number of urea groups is 1. The number of hydrogen-bond donors (Lipinski definition) is 2. The zero-order valence-electron chi connectivity index (χ0n) is 14.6. The molecular formula is C20H17Cl2N3O2. The molecular weight excluding hydrogens is 385 g/mol. The number of carbonyl (C=O) groups excluding carboxylic acids is 2. The molecule has 0 spiro atoms. The zero-order valence-corrected chi connectivity index (χ0v) is 16.1. The number of H-pyrrole nitrogens is 1. The third-order valence-corrected chi connectivity index (χ3v) is 5.49. The minimum Gasteiger partial charge on any atom is -0.360 e. The average Bonchev–Trinajstić information content (AvgIpc) is 3.16. The highest BCUT2D eigenvalue weighted by molar-refractivity contribution is 6.35. The topological polar surface area (TPSA) is 65.2 Å². The van der Waals surface area contributed by atoms with Gasteiger partial charge >= 0.3 is 6.03 Å². The molecule has 1 aromatic heterocycles. The Kier molecular flexibility index (Phi) is 4.58. The molecule has 0 bridgehead atoms. The molecule has 1 aliphatic rings. The zero-order chi connectivity index (χ0) is 19.1. The molecule has 138 valence electrons. The van der Waals surface area contributed by atoms with Crippen molar-refractivity contribution in [3.63, 3.8) is 0 Å². The van der Waals surface area contributed by atoms with E-state index in [2.05, 4.69) is 10.3 Å². The number of aromatic nitrogens is 1. The third-order valence-electron chi connectivity index (χ3n) is 4.81. The largest absolute Gasteiger partial charge is 0.360 e. The molecule has 2 heterocycles. The summed E-state index contributed by atoms with van der Waals surface area (Å²) in [6.45, 7) is 2.10. The second-order valence-corrected chi connectivity index (χ2v) is 7.52. The lowest BCUT2D eigenvalue weighted by Gasteiger charge is -2.14. The number of hydrogen-bond acceptors (Lipinski definition) is 2. The van der Waals surface area contributed by atoms with Crippen LogP contribution in [0, 0.1) is 6.92 Å². The Hall–Kier alpha value is -2.50. The summed E-state index contributed by atoms with van der Waals surface area (Å²) in [5.74, 6) is -0.256. The molecule has 1 fully saturated rings. The van der Waals surface area contributed by atoms with Crippen LogP contribution in [-0.4, -0.2) is 27.9 Å². The first kappa shape index (κ1) is 17.9. The number of aryl methyl sites for hydroxylation is 1. The molecule has 27 heavy (non-hydrogen) atoms. The number of nitrogens with one attached hydrogen (secondary N) is 2. The number of para-hydroxylation sites is 1. The van der Waals surface area contributed by atoms with Crippen LogP contribution < -0.4 is 5.32 Å². The van der Waals surface area contributed by atoms with Gasteiger partial charge < -0.3 is 10.3 Å². The van der Waals surface area contributed by atoms with Crippen LogP contribution in [0.25, 0.3) is 10.9 Å². The first-order valence-electron chi connectivity index (χ1n) is 8.55. The van der Waals surface area contributed by atoms with E-state index in [-0.39, 0.29) is 12.5 Å². The van der Waals surface area contributed by atoms with Gasteiger partial charge in [0.05, 0.1) is 17.1 Å². The van der Waals surface area contributed by atoms with E-state index in [0.29, 0.717) is 16.5 Å². The predicted octanol–water partition coefficient (Wildman–Crippen LogP) is 4.45. The van der Waals surface area contributed by atoms with Gasteiger partial charge in [0.2, 0.25) is 0 Å². The van der Waals surface area contributed by atoms with Crippen molar-refractivity contribution in [3.8, 4) is 0 Å². The fourth-order valence-corrected chi connectivity index (χ4v) is 3.83. The van der Waals surface area contributed by atoms with Gasteiger partial charge in [-0.3, -0.25) is 9.69 Å². The van der Waals surface area contributed by atoms with E-state index in [1.165, 1.54) is 4.90 Å². The van der Waals surface area contributed by atoms with E-state index in [0.717, 1.165) is 27.6 Å². The number of halogens is 2. The Balaban J connectivity index is 1.55. The minimum absolute atomic E-state index is 0.154. The van der Waals surface area contributed by atoms with E-state index < -0.39 is 12.1 Å². The maximum absolute atomic E-state index is 12.8. The Morgan fingerprint density at radius 1 is 1.07 bits per heavy atom.